The molecule has 32 heavy (non-hydrogen) atoms. The summed E-state index contributed by atoms with van der Waals surface area (Å²) in [4.78, 5) is 7.18. The Hall–Kier alpha value is -2.78. The molecule has 1 fully saturated rings. The molecular weight excluding hydrogens is 442 g/mol. The van der Waals surface area contributed by atoms with E-state index in [-0.39, 0.29) is 0 Å². The number of rotatable bonds is 8. The van der Waals surface area contributed by atoms with Crippen LogP contribution in [0.5, 0.6) is 5.75 Å². The van der Waals surface area contributed by atoms with Gasteiger partial charge in [-0.2, -0.15) is 0 Å². The molecule has 5 rings (SSSR count). The van der Waals surface area contributed by atoms with Gasteiger partial charge < -0.3 is 14.1 Å². The maximum absolute atomic E-state index is 5.61. The zero-order valence-corrected chi connectivity index (χ0v) is 19.6. The molecule has 166 valence electrons. The number of aromatic nitrogens is 4. The van der Waals surface area contributed by atoms with Gasteiger partial charge >= 0.3 is 0 Å². The summed E-state index contributed by atoms with van der Waals surface area (Å²) in [5.41, 5.74) is 2.04. The SMILES string of the molecule is COc1ccccc1-c1nc(CSc2nnc(N3CCCCC3)n2Cc2ccco2)cs1. The van der Waals surface area contributed by atoms with Gasteiger partial charge in [0.25, 0.3) is 0 Å². The summed E-state index contributed by atoms with van der Waals surface area (Å²) in [5, 5.41) is 13.0. The van der Waals surface area contributed by atoms with Gasteiger partial charge in [-0.25, -0.2) is 4.98 Å². The summed E-state index contributed by atoms with van der Waals surface area (Å²) in [6.07, 6.45) is 5.38. The number of anilines is 1. The number of hydrogen-bond donors (Lipinski definition) is 0. The molecule has 4 aromatic rings. The van der Waals surface area contributed by atoms with Crippen molar-refractivity contribution < 1.29 is 9.15 Å². The molecule has 0 radical (unpaired) electrons. The van der Waals surface area contributed by atoms with E-state index in [1.807, 2.05) is 36.4 Å². The molecule has 1 aromatic carbocycles. The van der Waals surface area contributed by atoms with Crippen molar-refractivity contribution in [1.29, 1.82) is 0 Å². The van der Waals surface area contributed by atoms with Crippen LogP contribution in [-0.2, 0) is 12.3 Å². The first kappa shape index (κ1) is 21.1. The Morgan fingerprint density at radius 1 is 1.09 bits per heavy atom. The fourth-order valence-electron chi connectivity index (χ4n) is 3.87. The number of furan rings is 1. The van der Waals surface area contributed by atoms with Gasteiger partial charge in [0.2, 0.25) is 5.95 Å². The summed E-state index contributed by atoms with van der Waals surface area (Å²) >= 11 is 3.29. The molecule has 4 heterocycles. The number of thioether (sulfide) groups is 1. The molecule has 9 heteroatoms. The topological polar surface area (TPSA) is 69.2 Å². The Morgan fingerprint density at radius 2 is 1.97 bits per heavy atom. The molecule has 0 bridgehead atoms. The number of thiazole rings is 1. The van der Waals surface area contributed by atoms with Crippen LogP contribution in [0.3, 0.4) is 0 Å². The third-order valence-corrected chi connectivity index (χ3v) is 7.39. The van der Waals surface area contributed by atoms with Crippen molar-refractivity contribution in [1.82, 2.24) is 19.7 Å². The van der Waals surface area contributed by atoms with Crippen LogP contribution < -0.4 is 9.64 Å². The molecule has 1 aliphatic rings. The lowest BCUT2D eigenvalue weighted by Gasteiger charge is -2.27. The summed E-state index contributed by atoms with van der Waals surface area (Å²) in [7, 11) is 1.69. The smallest absolute Gasteiger partial charge is 0.228 e. The van der Waals surface area contributed by atoms with E-state index in [2.05, 4.69) is 25.0 Å². The molecule has 3 aromatic heterocycles. The second-order valence-corrected chi connectivity index (χ2v) is 9.43. The van der Waals surface area contributed by atoms with Crippen molar-refractivity contribution in [2.45, 2.75) is 36.7 Å². The van der Waals surface area contributed by atoms with Crippen molar-refractivity contribution in [3.63, 3.8) is 0 Å². The van der Waals surface area contributed by atoms with E-state index in [0.717, 1.165) is 57.7 Å². The number of methoxy groups -OCH3 is 1. The molecule has 0 amide bonds. The first-order chi connectivity index (χ1) is 15.8. The van der Waals surface area contributed by atoms with Gasteiger partial charge in [0.15, 0.2) is 5.16 Å². The van der Waals surface area contributed by atoms with Crippen molar-refractivity contribution in [3.05, 3.63) is 59.5 Å². The van der Waals surface area contributed by atoms with E-state index < -0.39 is 0 Å². The highest BCUT2D eigenvalue weighted by Crippen LogP contribution is 2.34. The van der Waals surface area contributed by atoms with E-state index in [9.17, 15) is 0 Å². The number of benzene rings is 1. The summed E-state index contributed by atoms with van der Waals surface area (Å²) in [6.45, 7) is 2.67. The number of nitrogens with zero attached hydrogens (tertiary/aromatic N) is 5. The lowest BCUT2D eigenvalue weighted by molar-refractivity contribution is 0.416. The molecule has 0 saturated carbocycles. The quantitative estimate of drug-likeness (QED) is 0.324. The lowest BCUT2D eigenvalue weighted by atomic mass is 10.1. The van der Waals surface area contributed by atoms with Crippen LogP contribution in [0, 0.1) is 0 Å². The Balaban J connectivity index is 1.35. The molecule has 1 saturated heterocycles. The Bertz CT molecular complexity index is 1150. The second-order valence-electron chi connectivity index (χ2n) is 7.63. The maximum Gasteiger partial charge on any atom is 0.228 e. The number of ether oxygens (including phenoxy) is 1. The zero-order valence-electron chi connectivity index (χ0n) is 17.9. The first-order valence-corrected chi connectivity index (χ1v) is 12.6. The minimum atomic E-state index is 0.623. The predicted octanol–water partition coefficient (Wildman–Crippen LogP) is 5.33. The van der Waals surface area contributed by atoms with Gasteiger partial charge in [-0.15, -0.1) is 21.5 Å². The summed E-state index contributed by atoms with van der Waals surface area (Å²) < 4.78 is 13.3. The molecule has 0 N–H and O–H groups in total. The van der Waals surface area contributed by atoms with Crippen LogP contribution >= 0.6 is 23.1 Å². The summed E-state index contributed by atoms with van der Waals surface area (Å²) in [6, 6.07) is 11.9. The predicted molar refractivity (Wildman–Crippen MR) is 128 cm³/mol. The average Bonchev–Trinajstić information content (AvgIpc) is 3.60. The number of piperidine rings is 1. The van der Waals surface area contributed by atoms with Gasteiger partial charge in [0.1, 0.15) is 16.5 Å². The van der Waals surface area contributed by atoms with Gasteiger partial charge in [-0.05, 0) is 43.5 Å². The van der Waals surface area contributed by atoms with Crippen molar-refractivity contribution in [3.8, 4) is 16.3 Å². The van der Waals surface area contributed by atoms with Crippen LogP contribution in [0.2, 0.25) is 0 Å². The molecule has 7 nitrogen and oxygen atoms in total. The molecule has 1 aliphatic heterocycles. The Labute approximate surface area is 195 Å². The second kappa shape index (κ2) is 9.79. The van der Waals surface area contributed by atoms with Crippen LogP contribution in [0.15, 0.2) is 57.6 Å². The normalized spacial score (nSPS) is 14.1. The van der Waals surface area contributed by atoms with Crippen LogP contribution in [-0.4, -0.2) is 39.9 Å². The third kappa shape index (κ3) is 4.54. The number of para-hydroxylation sites is 1. The highest BCUT2D eigenvalue weighted by Gasteiger charge is 2.21. The standard InChI is InChI=1S/C23H25N5O2S2/c1-29-20-10-4-3-9-19(20)21-24-17(15-31-21)16-32-23-26-25-22(27-11-5-2-6-12-27)28(23)14-18-8-7-13-30-18/h3-4,7-10,13,15H,2,5-6,11-12,14,16H2,1H3. The van der Waals surface area contributed by atoms with Gasteiger partial charge in [-0.1, -0.05) is 23.9 Å². The third-order valence-electron chi connectivity index (χ3n) is 5.47. The van der Waals surface area contributed by atoms with E-state index in [1.54, 1.807) is 36.5 Å². The molecule has 0 unspecified atom stereocenters. The molecule has 0 atom stereocenters. The Morgan fingerprint density at radius 3 is 2.78 bits per heavy atom. The highest BCUT2D eigenvalue weighted by atomic mass is 32.2. The van der Waals surface area contributed by atoms with Gasteiger partial charge in [0, 0.05) is 24.2 Å². The number of hydrogen-bond acceptors (Lipinski definition) is 8. The molecule has 0 spiro atoms. The van der Waals surface area contributed by atoms with Gasteiger partial charge in [-0.3, -0.25) is 4.57 Å². The van der Waals surface area contributed by atoms with Crippen molar-refractivity contribution in [2.24, 2.45) is 0 Å². The summed E-state index contributed by atoms with van der Waals surface area (Å²) in [5.74, 6) is 3.39. The molecular formula is C23H25N5O2S2. The van der Waals surface area contributed by atoms with E-state index >= 15 is 0 Å². The van der Waals surface area contributed by atoms with E-state index in [4.69, 9.17) is 14.1 Å². The first-order valence-electron chi connectivity index (χ1n) is 10.7. The van der Waals surface area contributed by atoms with E-state index in [1.165, 1.54) is 19.3 Å². The van der Waals surface area contributed by atoms with Crippen LogP contribution in [0.4, 0.5) is 5.95 Å². The Kier molecular flexibility index (Phi) is 6.45. The van der Waals surface area contributed by atoms with Crippen molar-refractivity contribution in [2.75, 3.05) is 25.1 Å². The van der Waals surface area contributed by atoms with Crippen LogP contribution in [0.1, 0.15) is 30.7 Å². The minimum Gasteiger partial charge on any atom is -0.496 e. The van der Waals surface area contributed by atoms with Gasteiger partial charge in [0.05, 0.1) is 31.2 Å². The van der Waals surface area contributed by atoms with E-state index in [0.29, 0.717) is 6.54 Å². The minimum absolute atomic E-state index is 0.623. The fraction of sp³-hybridized carbons (Fsp3) is 0.348. The van der Waals surface area contributed by atoms with Crippen molar-refractivity contribution >= 4 is 29.0 Å². The average molecular weight is 468 g/mol. The lowest BCUT2D eigenvalue weighted by Crippen LogP contribution is -2.32. The molecule has 0 aliphatic carbocycles. The fourth-order valence-corrected chi connectivity index (χ4v) is 5.65. The van der Waals surface area contributed by atoms with Crippen LogP contribution in [0.25, 0.3) is 10.6 Å². The largest absolute Gasteiger partial charge is 0.496 e. The maximum atomic E-state index is 5.61. The zero-order chi connectivity index (χ0) is 21.8. The highest BCUT2D eigenvalue weighted by molar-refractivity contribution is 7.98. The monoisotopic (exact) mass is 467 g/mol.